The van der Waals surface area contributed by atoms with E-state index in [1.54, 1.807) is 0 Å². The average Bonchev–Trinajstić information content (AvgIpc) is 2.30. The average molecular weight is 211 g/mol. The molecule has 0 aromatic carbocycles. The fourth-order valence-corrected chi connectivity index (χ4v) is 1.68. The third-order valence-electron chi connectivity index (χ3n) is 2.44. The summed E-state index contributed by atoms with van der Waals surface area (Å²) in [6.45, 7) is 3.24. The molecule has 2 N–H and O–H groups in total. The molecule has 0 aliphatic carbocycles. The molecule has 0 radical (unpaired) electrons. The van der Waals surface area contributed by atoms with Crippen LogP contribution in [-0.4, -0.2) is 31.3 Å². The Bertz CT molecular complexity index is 339. The summed E-state index contributed by atoms with van der Waals surface area (Å²) in [7, 11) is 0. The summed E-state index contributed by atoms with van der Waals surface area (Å²) < 4.78 is 18.2. The maximum absolute atomic E-state index is 12.9. The van der Waals surface area contributed by atoms with E-state index in [1.807, 2.05) is 0 Å². The highest BCUT2D eigenvalue weighted by molar-refractivity contribution is 5.47. The number of aromatic nitrogens is 1. The molecular formula is C10H14FN3O. The van der Waals surface area contributed by atoms with Gasteiger partial charge in [0.25, 0.3) is 0 Å². The van der Waals surface area contributed by atoms with Crippen molar-refractivity contribution in [2.75, 3.05) is 31.2 Å². The zero-order chi connectivity index (χ0) is 10.7. The van der Waals surface area contributed by atoms with Gasteiger partial charge >= 0.3 is 0 Å². The van der Waals surface area contributed by atoms with Crippen molar-refractivity contribution in [1.29, 1.82) is 0 Å². The number of morpholine rings is 1. The van der Waals surface area contributed by atoms with Gasteiger partial charge in [0.05, 0.1) is 19.4 Å². The predicted octanol–water partition coefficient (Wildman–Crippen LogP) is 0.516. The zero-order valence-corrected chi connectivity index (χ0v) is 8.45. The van der Waals surface area contributed by atoms with Crippen LogP contribution in [0.1, 0.15) is 5.56 Å². The van der Waals surface area contributed by atoms with Gasteiger partial charge in [-0.1, -0.05) is 0 Å². The zero-order valence-electron chi connectivity index (χ0n) is 8.45. The minimum absolute atomic E-state index is 0.303. The van der Waals surface area contributed by atoms with Crippen LogP contribution in [0.25, 0.3) is 0 Å². The number of halogens is 1. The Kier molecular flexibility index (Phi) is 3.13. The Balaban J connectivity index is 2.25. The molecule has 1 fully saturated rings. The standard InChI is InChI=1S/C10H14FN3O/c11-9-5-8(6-12)10(13-7-9)14-1-3-15-4-2-14/h5,7H,1-4,6,12H2. The fourth-order valence-electron chi connectivity index (χ4n) is 1.68. The van der Waals surface area contributed by atoms with Crippen molar-refractivity contribution >= 4 is 5.82 Å². The first kappa shape index (κ1) is 10.3. The van der Waals surface area contributed by atoms with E-state index in [4.69, 9.17) is 10.5 Å². The van der Waals surface area contributed by atoms with Crippen molar-refractivity contribution in [1.82, 2.24) is 4.98 Å². The van der Waals surface area contributed by atoms with E-state index in [0.717, 1.165) is 24.5 Å². The van der Waals surface area contributed by atoms with Gasteiger partial charge in [0.1, 0.15) is 11.6 Å². The third kappa shape index (κ3) is 2.24. The molecule has 0 spiro atoms. The van der Waals surface area contributed by atoms with E-state index >= 15 is 0 Å². The number of nitrogens with zero attached hydrogens (tertiary/aromatic N) is 2. The lowest BCUT2D eigenvalue weighted by Gasteiger charge is -2.29. The van der Waals surface area contributed by atoms with Gasteiger partial charge in [-0.25, -0.2) is 9.37 Å². The lowest BCUT2D eigenvalue weighted by Crippen LogP contribution is -2.37. The number of pyridine rings is 1. The molecule has 0 amide bonds. The normalized spacial score (nSPS) is 16.8. The van der Waals surface area contributed by atoms with Crippen LogP contribution >= 0.6 is 0 Å². The lowest BCUT2D eigenvalue weighted by molar-refractivity contribution is 0.122. The van der Waals surface area contributed by atoms with Gasteiger partial charge in [0.15, 0.2) is 0 Å². The first-order chi connectivity index (χ1) is 7.31. The smallest absolute Gasteiger partial charge is 0.141 e. The number of anilines is 1. The molecule has 0 atom stereocenters. The summed E-state index contributed by atoms with van der Waals surface area (Å²) in [6.07, 6.45) is 1.23. The summed E-state index contributed by atoms with van der Waals surface area (Å²) in [5.74, 6) is 0.439. The van der Waals surface area contributed by atoms with Gasteiger partial charge in [0.2, 0.25) is 0 Å². The highest BCUT2D eigenvalue weighted by Gasteiger charge is 2.15. The maximum Gasteiger partial charge on any atom is 0.141 e. The van der Waals surface area contributed by atoms with Crippen LogP contribution in [0.5, 0.6) is 0 Å². The molecule has 4 nitrogen and oxygen atoms in total. The van der Waals surface area contributed by atoms with Crippen LogP contribution in [0.15, 0.2) is 12.3 Å². The van der Waals surface area contributed by atoms with Gasteiger partial charge in [-0.3, -0.25) is 0 Å². The van der Waals surface area contributed by atoms with Crippen LogP contribution in [0.4, 0.5) is 10.2 Å². The Labute approximate surface area is 87.8 Å². The van der Waals surface area contributed by atoms with Crippen LogP contribution in [0.3, 0.4) is 0 Å². The van der Waals surface area contributed by atoms with Crippen LogP contribution in [0, 0.1) is 5.82 Å². The molecule has 15 heavy (non-hydrogen) atoms. The molecule has 82 valence electrons. The topological polar surface area (TPSA) is 51.4 Å². The number of ether oxygens (including phenoxy) is 1. The Morgan fingerprint density at radius 2 is 2.20 bits per heavy atom. The van der Waals surface area contributed by atoms with E-state index in [1.165, 1.54) is 12.3 Å². The van der Waals surface area contributed by atoms with Gasteiger partial charge in [-0.05, 0) is 6.07 Å². The van der Waals surface area contributed by atoms with Crippen LogP contribution in [-0.2, 0) is 11.3 Å². The first-order valence-electron chi connectivity index (χ1n) is 4.98. The highest BCUT2D eigenvalue weighted by Crippen LogP contribution is 2.18. The summed E-state index contributed by atoms with van der Waals surface area (Å²) in [5.41, 5.74) is 6.31. The molecular weight excluding hydrogens is 197 g/mol. The van der Waals surface area contributed by atoms with Gasteiger partial charge in [0, 0.05) is 25.2 Å². The molecule has 2 rings (SSSR count). The van der Waals surface area contributed by atoms with Gasteiger partial charge in [-0.2, -0.15) is 0 Å². The van der Waals surface area contributed by atoms with Crippen LogP contribution < -0.4 is 10.6 Å². The fraction of sp³-hybridized carbons (Fsp3) is 0.500. The summed E-state index contributed by atoms with van der Waals surface area (Å²) in [5, 5.41) is 0. The molecule has 1 saturated heterocycles. The highest BCUT2D eigenvalue weighted by atomic mass is 19.1. The lowest BCUT2D eigenvalue weighted by atomic mass is 10.2. The monoisotopic (exact) mass is 211 g/mol. The molecule has 0 bridgehead atoms. The van der Waals surface area contributed by atoms with Gasteiger partial charge in [-0.15, -0.1) is 0 Å². The quantitative estimate of drug-likeness (QED) is 0.774. The van der Waals surface area contributed by atoms with E-state index < -0.39 is 0 Å². The molecule has 1 aromatic heterocycles. The Morgan fingerprint density at radius 1 is 1.47 bits per heavy atom. The number of hydrogen-bond acceptors (Lipinski definition) is 4. The largest absolute Gasteiger partial charge is 0.378 e. The maximum atomic E-state index is 12.9. The van der Waals surface area contributed by atoms with Crippen molar-refractivity contribution in [2.24, 2.45) is 5.73 Å². The van der Waals surface area contributed by atoms with Gasteiger partial charge < -0.3 is 15.4 Å². The molecule has 1 aromatic rings. The minimum Gasteiger partial charge on any atom is -0.378 e. The third-order valence-corrected chi connectivity index (χ3v) is 2.44. The van der Waals surface area contributed by atoms with Crippen molar-refractivity contribution in [3.05, 3.63) is 23.6 Å². The first-order valence-corrected chi connectivity index (χ1v) is 4.98. The molecule has 0 saturated carbocycles. The van der Waals surface area contributed by atoms with Crippen molar-refractivity contribution in [3.8, 4) is 0 Å². The second kappa shape index (κ2) is 4.55. The number of hydrogen-bond donors (Lipinski definition) is 1. The summed E-state index contributed by atoms with van der Waals surface area (Å²) in [6, 6.07) is 1.44. The second-order valence-corrected chi connectivity index (χ2v) is 3.44. The van der Waals surface area contributed by atoms with E-state index in [2.05, 4.69) is 9.88 Å². The van der Waals surface area contributed by atoms with Crippen molar-refractivity contribution in [2.45, 2.75) is 6.54 Å². The molecule has 0 unspecified atom stereocenters. The Morgan fingerprint density at radius 3 is 2.87 bits per heavy atom. The summed E-state index contributed by atoms with van der Waals surface area (Å²) >= 11 is 0. The van der Waals surface area contributed by atoms with Crippen LogP contribution in [0.2, 0.25) is 0 Å². The molecule has 5 heteroatoms. The molecule has 1 aliphatic heterocycles. The minimum atomic E-state index is -0.340. The number of nitrogens with two attached hydrogens (primary N) is 1. The van der Waals surface area contributed by atoms with Crippen molar-refractivity contribution in [3.63, 3.8) is 0 Å². The predicted molar refractivity (Wildman–Crippen MR) is 55.1 cm³/mol. The van der Waals surface area contributed by atoms with Crippen molar-refractivity contribution < 1.29 is 9.13 Å². The summed E-state index contributed by atoms with van der Waals surface area (Å²) in [4.78, 5) is 6.16. The molecule has 1 aliphatic rings. The van der Waals surface area contributed by atoms with E-state index in [0.29, 0.717) is 19.8 Å². The molecule has 2 heterocycles. The van der Waals surface area contributed by atoms with E-state index in [9.17, 15) is 4.39 Å². The number of rotatable bonds is 2. The Hall–Kier alpha value is -1.20. The SMILES string of the molecule is NCc1cc(F)cnc1N1CCOCC1. The second-order valence-electron chi connectivity index (χ2n) is 3.44. The van der Waals surface area contributed by atoms with E-state index in [-0.39, 0.29) is 5.82 Å².